The van der Waals surface area contributed by atoms with Crippen LogP contribution in [-0.4, -0.2) is 31.7 Å². The summed E-state index contributed by atoms with van der Waals surface area (Å²) in [6.07, 6.45) is 6.09. The number of aryl methyl sites for hydroxylation is 2. The Hall–Kier alpha value is -3.38. The van der Waals surface area contributed by atoms with Gasteiger partial charge in [0, 0.05) is 36.7 Å². The van der Waals surface area contributed by atoms with Gasteiger partial charge >= 0.3 is 0 Å². The maximum atomic E-state index is 13.1. The zero-order valence-electron chi connectivity index (χ0n) is 22.2. The number of ether oxygens (including phenoxy) is 1. The molecule has 1 aliphatic heterocycles. The summed E-state index contributed by atoms with van der Waals surface area (Å²) >= 11 is 3.19. The van der Waals surface area contributed by atoms with Gasteiger partial charge in [0.05, 0.1) is 22.4 Å². The Labute approximate surface area is 235 Å². The molecule has 2 aromatic heterocycles. The largest absolute Gasteiger partial charge is 0.744 e. The Balaban J connectivity index is 0.000000270. The lowest BCUT2D eigenvalue weighted by Crippen LogP contribution is -2.33. The van der Waals surface area contributed by atoms with Crippen molar-refractivity contribution in [2.24, 2.45) is 7.05 Å². The quantitative estimate of drug-likeness (QED) is 0.269. The van der Waals surface area contributed by atoms with E-state index in [0.29, 0.717) is 6.54 Å². The van der Waals surface area contributed by atoms with E-state index in [4.69, 9.17) is 4.74 Å². The number of methoxy groups -OCH3 is 1. The molecule has 3 heterocycles. The van der Waals surface area contributed by atoms with Crippen LogP contribution in [0.2, 0.25) is 0 Å². The molecule has 39 heavy (non-hydrogen) atoms. The van der Waals surface area contributed by atoms with E-state index in [-0.39, 0.29) is 10.5 Å². The predicted octanol–water partition coefficient (Wildman–Crippen LogP) is 2.80. The van der Waals surface area contributed by atoms with Gasteiger partial charge in [0.2, 0.25) is 0 Å². The van der Waals surface area contributed by atoms with Gasteiger partial charge in [0.15, 0.2) is 12.4 Å². The minimum Gasteiger partial charge on any atom is -0.744 e. The van der Waals surface area contributed by atoms with Gasteiger partial charge in [-0.05, 0) is 49.8 Å². The smallest absolute Gasteiger partial charge is 0.271 e. The SMILES string of the molecule is CCn1c(=O)/c(=C2/Sc3ccc(OC)cc3N2C)s/c1=C/c1cc[n+](C)cc1.Cc1ccc(S(=O)(=O)[O-])cc1. The number of anilines is 1. The van der Waals surface area contributed by atoms with E-state index in [0.717, 1.165) is 41.7 Å². The molecule has 0 bridgehead atoms. The highest BCUT2D eigenvalue weighted by atomic mass is 32.2. The second kappa shape index (κ2) is 11.8. The van der Waals surface area contributed by atoms with Crippen LogP contribution in [0.5, 0.6) is 5.75 Å². The van der Waals surface area contributed by atoms with Crippen LogP contribution >= 0.6 is 23.1 Å². The maximum absolute atomic E-state index is 13.1. The first-order valence-corrected chi connectivity index (χ1v) is 15.1. The third-order valence-corrected chi connectivity index (χ3v) is 9.40. The molecule has 0 atom stereocenters. The average molecular weight is 584 g/mol. The van der Waals surface area contributed by atoms with E-state index in [2.05, 4.69) is 23.1 Å². The molecule has 0 spiro atoms. The Morgan fingerprint density at radius 3 is 2.33 bits per heavy atom. The lowest BCUT2D eigenvalue weighted by Gasteiger charge is -2.13. The van der Waals surface area contributed by atoms with Crippen molar-refractivity contribution in [2.75, 3.05) is 19.1 Å². The molecule has 0 amide bonds. The van der Waals surface area contributed by atoms with Crippen molar-refractivity contribution in [1.82, 2.24) is 4.57 Å². The van der Waals surface area contributed by atoms with Gasteiger partial charge in [0.25, 0.3) is 5.56 Å². The molecule has 0 radical (unpaired) electrons. The molecule has 0 saturated carbocycles. The first-order chi connectivity index (χ1) is 18.5. The van der Waals surface area contributed by atoms with Crippen molar-refractivity contribution in [1.29, 1.82) is 0 Å². The lowest BCUT2D eigenvalue weighted by atomic mass is 10.2. The van der Waals surface area contributed by atoms with Gasteiger partial charge in [-0.15, -0.1) is 11.3 Å². The molecule has 204 valence electrons. The van der Waals surface area contributed by atoms with E-state index in [1.54, 1.807) is 42.3 Å². The molecule has 11 heteroatoms. The van der Waals surface area contributed by atoms with E-state index in [1.807, 2.05) is 67.7 Å². The number of rotatable bonds is 4. The highest BCUT2D eigenvalue weighted by Crippen LogP contribution is 2.46. The molecular formula is C28H29N3O5S3. The Morgan fingerprint density at radius 2 is 1.74 bits per heavy atom. The highest BCUT2D eigenvalue weighted by molar-refractivity contribution is 8.08. The van der Waals surface area contributed by atoms with Crippen LogP contribution in [0.4, 0.5) is 5.69 Å². The lowest BCUT2D eigenvalue weighted by molar-refractivity contribution is -0.671. The van der Waals surface area contributed by atoms with Crippen molar-refractivity contribution in [3.63, 3.8) is 0 Å². The minimum atomic E-state index is -4.27. The molecule has 0 saturated heterocycles. The summed E-state index contributed by atoms with van der Waals surface area (Å²) in [6, 6.07) is 15.9. The van der Waals surface area contributed by atoms with Crippen LogP contribution in [0, 0.1) is 6.92 Å². The summed E-state index contributed by atoms with van der Waals surface area (Å²) in [7, 11) is 1.39. The van der Waals surface area contributed by atoms with Gasteiger partial charge in [-0.2, -0.15) is 0 Å². The molecule has 0 aliphatic carbocycles. The fourth-order valence-electron chi connectivity index (χ4n) is 3.88. The number of thioether (sulfide) groups is 1. The number of hydrogen-bond acceptors (Lipinski definition) is 8. The van der Waals surface area contributed by atoms with Gasteiger partial charge in [-0.25, -0.2) is 13.0 Å². The van der Waals surface area contributed by atoms with Crippen molar-refractivity contribution in [3.8, 4) is 5.75 Å². The monoisotopic (exact) mass is 583 g/mol. The predicted molar refractivity (Wildman–Crippen MR) is 154 cm³/mol. The van der Waals surface area contributed by atoms with Crippen LogP contribution in [0.3, 0.4) is 0 Å². The number of nitrogens with zero attached hydrogens (tertiary/aromatic N) is 3. The number of aromatic nitrogens is 2. The third-order valence-electron chi connectivity index (χ3n) is 6.07. The fourth-order valence-corrected chi connectivity index (χ4v) is 6.81. The van der Waals surface area contributed by atoms with Gasteiger partial charge < -0.3 is 14.2 Å². The second-order valence-corrected chi connectivity index (χ2v) is 12.3. The zero-order valence-corrected chi connectivity index (χ0v) is 24.7. The molecule has 4 aromatic rings. The number of benzene rings is 2. The van der Waals surface area contributed by atoms with Crippen LogP contribution in [0.15, 0.2) is 81.6 Å². The van der Waals surface area contributed by atoms with Crippen LogP contribution < -0.4 is 29.0 Å². The highest BCUT2D eigenvalue weighted by Gasteiger charge is 2.25. The summed E-state index contributed by atoms with van der Waals surface area (Å²) in [6.45, 7) is 4.47. The van der Waals surface area contributed by atoms with Gasteiger partial charge in [-0.3, -0.25) is 9.36 Å². The number of thiazole rings is 1. The van der Waals surface area contributed by atoms with Gasteiger partial charge in [0.1, 0.15) is 32.5 Å². The molecule has 5 rings (SSSR count). The Kier molecular flexibility index (Phi) is 8.65. The topological polar surface area (TPSA) is 95.6 Å². The van der Waals surface area contributed by atoms with Crippen molar-refractivity contribution < 1.29 is 22.3 Å². The van der Waals surface area contributed by atoms with Crippen LogP contribution in [-0.2, 0) is 23.7 Å². The van der Waals surface area contributed by atoms with Crippen molar-refractivity contribution in [3.05, 3.63) is 97.7 Å². The van der Waals surface area contributed by atoms with E-state index in [1.165, 1.54) is 12.1 Å². The first kappa shape index (κ1) is 28.6. The van der Waals surface area contributed by atoms with Crippen LogP contribution in [0.1, 0.15) is 18.1 Å². The summed E-state index contributed by atoms with van der Waals surface area (Å²) in [5.74, 6) is 0.816. The summed E-state index contributed by atoms with van der Waals surface area (Å²) < 4.78 is 42.1. The van der Waals surface area contributed by atoms with E-state index < -0.39 is 10.1 Å². The molecule has 0 N–H and O–H groups in total. The number of hydrogen-bond donors (Lipinski definition) is 0. The molecular weight excluding hydrogens is 555 g/mol. The van der Waals surface area contributed by atoms with Crippen LogP contribution in [0.25, 0.3) is 11.1 Å². The van der Waals surface area contributed by atoms with E-state index in [9.17, 15) is 17.8 Å². The molecule has 2 aromatic carbocycles. The average Bonchev–Trinajstić information content (AvgIpc) is 3.40. The molecule has 1 aliphatic rings. The van der Waals surface area contributed by atoms with Gasteiger partial charge in [-0.1, -0.05) is 29.5 Å². The van der Waals surface area contributed by atoms with Crippen molar-refractivity contribution in [2.45, 2.75) is 30.2 Å². The first-order valence-electron chi connectivity index (χ1n) is 12.0. The molecule has 0 fully saturated rings. The maximum Gasteiger partial charge on any atom is 0.271 e. The second-order valence-electron chi connectivity index (χ2n) is 8.83. The molecule has 8 nitrogen and oxygen atoms in total. The number of pyridine rings is 1. The standard InChI is InChI=1S/C21H22N3O2S2.C7H8O3S/c1-5-24-18(12-14-8-10-22(2)11-9-14)28-19(20(24)25)21-23(3)16-13-15(26-4)6-7-17(16)27-21;1-6-2-4-7(5-3-6)11(8,9)10/h6-13H,5H2,1-4H3;2-5H,1H3,(H,8,9,10)/q+1;/p-1/b21-19-;. The normalized spacial score (nSPS) is 14.6. The summed E-state index contributed by atoms with van der Waals surface area (Å²) in [4.78, 5) is 16.2. The number of fused-ring (bicyclic) bond motifs is 1. The summed E-state index contributed by atoms with van der Waals surface area (Å²) in [5, 5.41) is 0.972. The third kappa shape index (κ3) is 6.44. The minimum absolute atomic E-state index is 0.0642. The Morgan fingerprint density at radius 1 is 1.08 bits per heavy atom. The van der Waals surface area contributed by atoms with E-state index >= 15 is 0 Å². The fraction of sp³-hybridized carbons (Fsp3) is 0.214. The summed E-state index contributed by atoms with van der Waals surface area (Å²) in [5.41, 5.74) is 3.14. The Bertz CT molecular complexity index is 1780. The van der Waals surface area contributed by atoms with Crippen molar-refractivity contribution >= 4 is 50.0 Å². The molecule has 0 unspecified atom stereocenters. The zero-order chi connectivity index (χ0) is 28.3.